The number of amides is 1. The number of sulfonamides is 1. The molecule has 2 aromatic rings. The molecule has 1 fully saturated rings. The van der Waals surface area contributed by atoms with Gasteiger partial charge in [-0.05, 0) is 36.5 Å². The predicted octanol–water partition coefficient (Wildman–Crippen LogP) is 2.68. The molecular formula is C18H19ClN2O3S. The van der Waals surface area contributed by atoms with Crippen molar-refractivity contribution < 1.29 is 13.2 Å². The van der Waals surface area contributed by atoms with E-state index in [4.69, 9.17) is 11.6 Å². The highest BCUT2D eigenvalue weighted by atomic mass is 35.5. The van der Waals surface area contributed by atoms with Gasteiger partial charge in [-0.3, -0.25) is 4.79 Å². The number of hydrogen-bond acceptors (Lipinski definition) is 3. The second kappa shape index (κ2) is 7.56. The first-order chi connectivity index (χ1) is 12.0. The van der Waals surface area contributed by atoms with Crippen molar-refractivity contribution in [3.63, 3.8) is 0 Å². The Morgan fingerprint density at radius 1 is 1.04 bits per heavy atom. The second-order valence-electron chi connectivity index (χ2n) is 6.03. The summed E-state index contributed by atoms with van der Waals surface area (Å²) < 4.78 is 27.8. The first-order valence-corrected chi connectivity index (χ1v) is 9.93. The van der Waals surface area contributed by atoms with Gasteiger partial charge in [-0.15, -0.1) is 0 Å². The lowest BCUT2D eigenvalue weighted by Crippen LogP contribution is -2.45. The van der Waals surface area contributed by atoms with Crippen molar-refractivity contribution in [3.05, 3.63) is 65.2 Å². The van der Waals surface area contributed by atoms with Crippen LogP contribution in [0.3, 0.4) is 0 Å². The maximum Gasteiger partial charge on any atom is 0.242 e. The van der Waals surface area contributed by atoms with Gasteiger partial charge in [0.1, 0.15) is 10.9 Å². The summed E-state index contributed by atoms with van der Waals surface area (Å²) in [5.74, 6) is -0.215. The minimum atomic E-state index is -3.89. The summed E-state index contributed by atoms with van der Waals surface area (Å²) in [7, 11) is -3.89. The second-order valence-corrected chi connectivity index (χ2v) is 8.12. The molecule has 0 radical (unpaired) electrons. The van der Waals surface area contributed by atoms with E-state index >= 15 is 0 Å². The fourth-order valence-corrected chi connectivity index (χ4v) is 4.77. The van der Waals surface area contributed by atoms with Crippen molar-refractivity contribution in [1.82, 2.24) is 10.0 Å². The molecule has 2 aromatic carbocycles. The monoisotopic (exact) mass is 378 g/mol. The van der Waals surface area contributed by atoms with Crippen LogP contribution in [0.4, 0.5) is 0 Å². The van der Waals surface area contributed by atoms with Crippen molar-refractivity contribution in [2.75, 3.05) is 6.54 Å². The largest absolute Gasteiger partial charge is 0.355 e. The highest BCUT2D eigenvalue weighted by molar-refractivity contribution is 7.89. The van der Waals surface area contributed by atoms with Crippen LogP contribution in [-0.4, -0.2) is 26.9 Å². The van der Waals surface area contributed by atoms with Gasteiger partial charge < -0.3 is 5.32 Å². The Labute approximate surface area is 152 Å². The van der Waals surface area contributed by atoms with E-state index in [0.29, 0.717) is 13.0 Å². The Morgan fingerprint density at radius 3 is 2.44 bits per heavy atom. The molecule has 0 saturated carbocycles. The van der Waals surface area contributed by atoms with Crippen LogP contribution in [0.2, 0.25) is 5.02 Å². The maximum atomic E-state index is 12.6. The molecule has 1 saturated heterocycles. The molecule has 2 atom stereocenters. The molecule has 5 nitrogen and oxygen atoms in total. The molecular weight excluding hydrogens is 360 g/mol. The normalized spacial score (nSPS) is 21.4. The first kappa shape index (κ1) is 17.9. The van der Waals surface area contributed by atoms with Gasteiger partial charge in [0.05, 0.1) is 5.02 Å². The van der Waals surface area contributed by atoms with Crippen molar-refractivity contribution in [1.29, 1.82) is 0 Å². The van der Waals surface area contributed by atoms with Crippen LogP contribution < -0.4 is 10.0 Å². The van der Waals surface area contributed by atoms with E-state index in [0.717, 1.165) is 12.0 Å². The molecule has 7 heteroatoms. The molecule has 2 unspecified atom stereocenters. The molecule has 2 N–H and O–H groups in total. The van der Waals surface area contributed by atoms with Gasteiger partial charge in [0.2, 0.25) is 15.9 Å². The first-order valence-electron chi connectivity index (χ1n) is 8.07. The zero-order valence-electron chi connectivity index (χ0n) is 13.5. The van der Waals surface area contributed by atoms with Gasteiger partial charge >= 0.3 is 0 Å². The van der Waals surface area contributed by atoms with E-state index in [2.05, 4.69) is 10.0 Å². The Morgan fingerprint density at radius 2 is 1.72 bits per heavy atom. The number of nitrogens with one attached hydrogen (secondary N) is 2. The van der Waals surface area contributed by atoms with Gasteiger partial charge in [0.15, 0.2) is 0 Å². The van der Waals surface area contributed by atoms with E-state index in [1.165, 1.54) is 12.1 Å². The van der Waals surface area contributed by atoms with Crippen LogP contribution in [0.1, 0.15) is 24.3 Å². The van der Waals surface area contributed by atoms with Crippen molar-refractivity contribution in [2.24, 2.45) is 0 Å². The maximum absolute atomic E-state index is 12.6. The molecule has 0 aliphatic carbocycles. The molecule has 132 valence electrons. The standard InChI is InChI=1S/C18H19ClN2O3S/c19-15-8-4-5-9-17(15)25(23,24)21-16-12-14(10-11-20-18(16)22)13-6-2-1-3-7-13/h1-9,14,16,21H,10-12H2,(H,20,22). The Kier molecular flexibility index (Phi) is 5.42. The summed E-state index contributed by atoms with van der Waals surface area (Å²) in [4.78, 5) is 12.3. The SMILES string of the molecule is O=C1NCCC(c2ccccc2)CC1NS(=O)(=O)c1ccccc1Cl. The summed E-state index contributed by atoms with van der Waals surface area (Å²) in [6.45, 7) is 0.517. The lowest BCUT2D eigenvalue weighted by atomic mass is 9.90. The van der Waals surface area contributed by atoms with E-state index < -0.39 is 16.1 Å². The number of rotatable bonds is 4. The highest BCUT2D eigenvalue weighted by Gasteiger charge is 2.31. The zero-order chi connectivity index (χ0) is 17.9. The average Bonchev–Trinajstić information content (AvgIpc) is 2.78. The van der Waals surface area contributed by atoms with Crippen LogP contribution in [0.5, 0.6) is 0 Å². The summed E-state index contributed by atoms with van der Waals surface area (Å²) >= 11 is 6.00. The van der Waals surface area contributed by atoms with E-state index in [-0.39, 0.29) is 21.7 Å². The van der Waals surface area contributed by atoms with Gasteiger partial charge in [0.25, 0.3) is 0 Å². The summed E-state index contributed by atoms with van der Waals surface area (Å²) in [5, 5.41) is 2.91. The molecule has 25 heavy (non-hydrogen) atoms. The molecule has 1 aliphatic rings. The summed E-state index contributed by atoms with van der Waals surface area (Å²) in [6, 6.07) is 15.2. The fraction of sp³-hybridized carbons (Fsp3) is 0.278. The summed E-state index contributed by atoms with van der Waals surface area (Å²) in [5.41, 5.74) is 1.10. The Balaban J connectivity index is 1.84. The van der Waals surface area contributed by atoms with Crippen LogP contribution in [0.25, 0.3) is 0 Å². The number of carbonyl (C=O) groups is 1. The van der Waals surface area contributed by atoms with Gasteiger partial charge in [0, 0.05) is 6.54 Å². The number of benzene rings is 2. The summed E-state index contributed by atoms with van der Waals surface area (Å²) in [6.07, 6.45) is 1.17. The minimum absolute atomic E-state index is 0.0232. The van der Waals surface area contributed by atoms with Crippen LogP contribution in [-0.2, 0) is 14.8 Å². The molecule has 0 bridgehead atoms. The third kappa shape index (κ3) is 4.21. The van der Waals surface area contributed by atoms with Crippen LogP contribution in [0.15, 0.2) is 59.5 Å². The number of hydrogen-bond donors (Lipinski definition) is 2. The quantitative estimate of drug-likeness (QED) is 0.858. The lowest BCUT2D eigenvalue weighted by molar-refractivity contribution is -0.122. The zero-order valence-corrected chi connectivity index (χ0v) is 15.1. The fourth-order valence-electron chi connectivity index (χ4n) is 3.05. The van der Waals surface area contributed by atoms with Crippen molar-refractivity contribution >= 4 is 27.5 Å². The van der Waals surface area contributed by atoms with E-state index in [9.17, 15) is 13.2 Å². The minimum Gasteiger partial charge on any atom is -0.355 e. The van der Waals surface area contributed by atoms with Crippen LogP contribution >= 0.6 is 11.6 Å². The molecule has 0 aromatic heterocycles. The average molecular weight is 379 g/mol. The van der Waals surface area contributed by atoms with Crippen LogP contribution in [0, 0.1) is 0 Å². The van der Waals surface area contributed by atoms with Gasteiger partial charge in [-0.1, -0.05) is 54.1 Å². The lowest BCUT2D eigenvalue weighted by Gasteiger charge is -2.20. The van der Waals surface area contributed by atoms with E-state index in [1.807, 2.05) is 30.3 Å². The molecule has 3 rings (SSSR count). The predicted molar refractivity (Wildman–Crippen MR) is 97.0 cm³/mol. The van der Waals surface area contributed by atoms with E-state index in [1.54, 1.807) is 12.1 Å². The topological polar surface area (TPSA) is 75.3 Å². The number of carbonyl (C=O) groups excluding carboxylic acids is 1. The highest BCUT2D eigenvalue weighted by Crippen LogP contribution is 2.28. The van der Waals surface area contributed by atoms with Gasteiger partial charge in [-0.25, -0.2) is 8.42 Å². The smallest absolute Gasteiger partial charge is 0.242 e. The Bertz CT molecular complexity index is 856. The molecule has 1 amide bonds. The Hall–Kier alpha value is -1.89. The molecule has 1 aliphatic heterocycles. The van der Waals surface area contributed by atoms with Crippen molar-refractivity contribution in [2.45, 2.75) is 29.7 Å². The third-order valence-electron chi connectivity index (χ3n) is 4.32. The molecule has 0 spiro atoms. The van der Waals surface area contributed by atoms with Crippen molar-refractivity contribution in [3.8, 4) is 0 Å². The number of halogens is 1. The van der Waals surface area contributed by atoms with Gasteiger partial charge in [-0.2, -0.15) is 4.72 Å². The molecule has 1 heterocycles. The third-order valence-corrected chi connectivity index (χ3v) is 6.29.